The van der Waals surface area contributed by atoms with Crippen LogP contribution in [0.25, 0.3) is 0 Å². The van der Waals surface area contributed by atoms with Gasteiger partial charge in [0.2, 0.25) is 0 Å². The predicted molar refractivity (Wildman–Crippen MR) is 56.2 cm³/mol. The number of hydrogen-bond acceptors (Lipinski definition) is 2. The first-order chi connectivity index (χ1) is 6.88. The van der Waals surface area contributed by atoms with Crippen molar-refractivity contribution in [2.75, 3.05) is 13.7 Å². The molecule has 1 aliphatic heterocycles. The molecule has 2 rings (SSSR count). The molecule has 1 aromatic heterocycles. The van der Waals surface area contributed by atoms with E-state index in [0.29, 0.717) is 6.10 Å². The Bertz CT molecular complexity index is 277. The van der Waals surface area contributed by atoms with E-state index in [2.05, 4.69) is 28.3 Å². The van der Waals surface area contributed by atoms with Crippen molar-refractivity contribution in [3.63, 3.8) is 0 Å². The monoisotopic (exact) mass is 194 g/mol. The highest BCUT2D eigenvalue weighted by molar-refractivity contribution is 5.09. The maximum Gasteiger partial charge on any atom is 0.0754 e. The molecule has 1 atom stereocenters. The van der Waals surface area contributed by atoms with E-state index in [4.69, 9.17) is 4.74 Å². The summed E-state index contributed by atoms with van der Waals surface area (Å²) in [5.41, 5.74) is 1.34. The van der Waals surface area contributed by atoms with E-state index in [1.807, 2.05) is 7.05 Å². The molecular weight excluding hydrogens is 176 g/mol. The van der Waals surface area contributed by atoms with Crippen molar-refractivity contribution in [2.24, 2.45) is 0 Å². The molecule has 78 valence electrons. The molecular formula is C11H18N2O. The van der Waals surface area contributed by atoms with Crippen LogP contribution in [-0.4, -0.2) is 24.3 Å². The van der Waals surface area contributed by atoms with Crippen molar-refractivity contribution in [1.29, 1.82) is 0 Å². The van der Waals surface area contributed by atoms with E-state index in [0.717, 1.165) is 19.7 Å². The second-order valence-electron chi connectivity index (χ2n) is 3.88. The van der Waals surface area contributed by atoms with Crippen LogP contribution in [0.5, 0.6) is 0 Å². The molecule has 1 aliphatic rings. The molecule has 1 saturated heterocycles. The second kappa shape index (κ2) is 4.62. The van der Waals surface area contributed by atoms with Crippen LogP contribution in [0.2, 0.25) is 0 Å². The number of nitrogens with zero attached hydrogens (tertiary/aromatic N) is 1. The van der Waals surface area contributed by atoms with Crippen LogP contribution >= 0.6 is 0 Å². The Labute approximate surface area is 85.1 Å². The van der Waals surface area contributed by atoms with E-state index in [-0.39, 0.29) is 0 Å². The van der Waals surface area contributed by atoms with Gasteiger partial charge in [-0.25, -0.2) is 0 Å². The van der Waals surface area contributed by atoms with E-state index < -0.39 is 0 Å². The molecule has 0 saturated carbocycles. The molecule has 1 N–H and O–H groups in total. The van der Waals surface area contributed by atoms with Gasteiger partial charge in [0, 0.05) is 32.1 Å². The van der Waals surface area contributed by atoms with Crippen molar-refractivity contribution in [2.45, 2.75) is 32.0 Å². The van der Waals surface area contributed by atoms with Gasteiger partial charge in [-0.1, -0.05) is 0 Å². The molecule has 0 aliphatic carbocycles. The highest BCUT2D eigenvalue weighted by Gasteiger charge is 2.15. The summed E-state index contributed by atoms with van der Waals surface area (Å²) in [5, 5.41) is 3.15. The predicted octanol–water partition coefficient (Wildman–Crippen LogP) is 1.39. The van der Waals surface area contributed by atoms with Gasteiger partial charge in [0.05, 0.1) is 6.10 Å². The zero-order valence-electron chi connectivity index (χ0n) is 8.70. The van der Waals surface area contributed by atoms with Gasteiger partial charge in [0.15, 0.2) is 0 Å². The molecule has 1 fully saturated rings. The molecule has 3 nitrogen and oxygen atoms in total. The fourth-order valence-electron chi connectivity index (χ4n) is 1.94. The van der Waals surface area contributed by atoms with Gasteiger partial charge in [-0.2, -0.15) is 0 Å². The zero-order valence-corrected chi connectivity index (χ0v) is 8.70. The largest absolute Gasteiger partial charge is 0.376 e. The van der Waals surface area contributed by atoms with E-state index in [1.54, 1.807) is 0 Å². The number of hydrogen-bond donors (Lipinski definition) is 1. The quantitative estimate of drug-likeness (QED) is 0.784. The molecule has 1 unspecified atom stereocenters. The minimum atomic E-state index is 0.435. The van der Waals surface area contributed by atoms with Gasteiger partial charge < -0.3 is 14.6 Å². The lowest BCUT2D eigenvalue weighted by Gasteiger charge is -2.09. The lowest BCUT2D eigenvalue weighted by Crippen LogP contribution is -2.13. The van der Waals surface area contributed by atoms with Crippen LogP contribution in [0.4, 0.5) is 0 Å². The Morgan fingerprint density at radius 1 is 1.64 bits per heavy atom. The highest BCUT2D eigenvalue weighted by Crippen LogP contribution is 2.14. The number of ether oxygens (including phenoxy) is 1. The number of aromatic nitrogens is 1. The molecule has 3 heteroatoms. The molecule has 1 aromatic rings. The van der Waals surface area contributed by atoms with Crippen LogP contribution in [0.1, 0.15) is 18.4 Å². The SMILES string of the molecule is CNCc1ccn(CC2CCCO2)c1. The zero-order chi connectivity index (χ0) is 9.80. The molecule has 14 heavy (non-hydrogen) atoms. The first-order valence-electron chi connectivity index (χ1n) is 5.29. The third kappa shape index (κ3) is 2.36. The third-order valence-electron chi connectivity index (χ3n) is 2.63. The topological polar surface area (TPSA) is 26.2 Å². The molecule has 0 bridgehead atoms. The van der Waals surface area contributed by atoms with Crippen LogP contribution < -0.4 is 5.32 Å². The Morgan fingerprint density at radius 2 is 2.57 bits per heavy atom. The summed E-state index contributed by atoms with van der Waals surface area (Å²) in [4.78, 5) is 0. The Hall–Kier alpha value is -0.800. The van der Waals surface area contributed by atoms with E-state index in [9.17, 15) is 0 Å². The maximum atomic E-state index is 5.59. The molecule has 0 aromatic carbocycles. The maximum absolute atomic E-state index is 5.59. The Kier molecular flexibility index (Phi) is 3.22. The number of rotatable bonds is 4. The third-order valence-corrected chi connectivity index (χ3v) is 2.63. The van der Waals surface area contributed by atoms with Gasteiger partial charge in [-0.3, -0.25) is 0 Å². The Morgan fingerprint density at radius 3 is 3.29 bits per heavy atom. The van der Waals surface area contributed by atoms with Crippen LogP contribution in [0, 0.1) is 0 Å². The smallest absolute Gasteiger partial charge is 0.0754 e. The first kappa shape index (κ1) is 9.74. The summed E-state index contributed by atoms with van der Waals surface area (Å²) in [6.45, 7) is 2.89. The molecule has 0 amide bonds. The summed E-state index contributed by atoms with van der Waals surface area (Å²) in [6.07, 6.45) is 7.19. The molecule has 0 radical (unpaired) electrons. The second-order valence-corrected chi connectivity index (χ2v) is 3.88. The molecule has 2 heterocycles. The average Bonchev–Trinajstić information content (AvgIpc) is 2.79. The summed E-state index contributed by atoms with van der Waals surface area (Å²) >= 11 is 0. The van der Waals surface area contributed by atoms with Crippen molar-refractivity contribution in [3.8, 4) is 0 Å². The Balaban J connectivity index is 1.88. The summed E-state index contributed by atoms with van der Waals surface area (Å²) in [6, 6.07) is 2.16. The van der Waals surface area contributed by atoms with Crippen LogP contribution in [0.15, 0.2) is 18.5 Å². The van der Waals surface area contributed by atoms with Gasteiger partial charge in [0.25, 0.3) is 0 Å². The average molecular weight is 194 g/mol. The highest BCUT2D eigenvalue weighted by atomic mass is 16.5. The van der Waals surface area contributed by atoms with Crippen molar-refractivity contribution >= 4 is 0 Å². The van der Waals surface area contributed by atoms with Crippen LogP contribution in [-0.2, 0) is 17.8 Å². The van der Waals surface area contributed by atoms with Gasteiger partial charge >= 0.3 is 0 Å². The molecule has 0 spiro atoms. The standard InChI is InChI=1S/C11H18N2O/c1-12-7-10-4-5-13(8-10)9-11-3-2-6-14-11/h4-5,8,11-12H,2-3,6-7,9H2,1H3. The van der Waals surface area contributed by atoms with Crippen LogP contribution in [0.3, 0.4) is 0 Å². The normalized spacial score (nSPS) is 21.6. The van der Waals surface area contributed by atoms with Gasteiger partial charge in [0.1, 0.15) is 0 Å². The van der Waals surface area contributed by atoms with Gasteiger partial charge in [-0.05, 0) is 31.5 Å². The van der Waals surface area contributed by atoms with E-state index in [1.165, 1.54) is 18.4 Å². The lowest BCUT2D eigenvalue weighted by atomic mass is 10.2. The fraction of sp³-hybridized carbons (Fsp3) is 0.636. The summed E-state index contributed by atoms with van der Waals surface area (Å²) in [5.74, 6) is 0. The first-order valence-corrected chi connectivity index (χ1v) is 5.29. The fourth-order valence-corrected chi connectivity index (χ4v) is 1.94. The van der Waals surface area contributed by atoms with Crippen molar-refractivity contribution in [3.05, 3.63) is 24.0 Å². The number of nitrogens with one attached hydrogen (secondary N) is 1. The van der Waals surface area contributed by atoms with Gasteiger partial charge in [-0.15, -0.1) is 0 Å². The van der Waals surface area contributed by atoms with Crippen molar-refractivity contribution in [1.82, 2.24) is 9.88 Å². The minimum absolute atomic E-state index is 0.435. The van der Waals surface area contributed by atoms with Crippen molar-refractivity contribution < 1.29 is 4.74 Å². The summed E-state index contributed by atoms with van der Waals surface area (Å²) in [7, 11) is 1.97. The lowest BCUT2D eigenvalue weighted by molar-refractivity contribution is 0.0971. The minimum Gasteiger partial charge on any atom is -0.376 e. The summed E-state index contributed by atoms with van der Waals surface area (Å²) < 4.78 is 7.81. The van der Waals surface area contributed by atoms with E-state index >= 15 is 0 Å².